The van der Waals surface area contributed by atoms with Crippen molar-refractivity contribution in [3.8, 4) is 0 Å². The Hall–Kier alpha value is -2.45. The zero-order valence-corrected chi connectivity index (χ0v) is 10.5. The Morgan fingerprint density at radius 1 is 1.20 bits per heavy atom. The normalized spacial score (nSPS) is 11.7. The zero-order chi connectivity index (χ0) is 15.1. The number of amides is 1. The van der Waals surface area contributed by atoms with Crippen LogP contribution in [0.2, 0.25) is 0 Å². The van der Waals surface area contributed by atoms with Gasteiger partial charge in [-0.3, -0.25) is 4.79 Å². The maximum absolute atomic E-state index is 11.7. The van der Waals surface area contributed by atoms with E-state index >= 15 is 0 Å². The monoisotopic (exact) mass is 283 g/mol. The van der Waals surface area contributed by atoms with Crippen LogP contribution in [0.4, 0.5) is 0 Å². The molecule has 8 nitrogen and oxygen atoms in total. The van der Waals surface area contributed by atoms with Gasteiger partial charge >= 0.3 is 11.9 Å². The predicted octanol–water partition coefficient (Wildman–Crippen LogP) is 0.841. The summed E-state index contributed by atoms with van der Waals surface area (Å²) in [6.07, 6.45) is -1.10. The summed E-state index contributed by atoms with van der Waals surface area (Å²) in [4.78, 5) is 42.0. The van der Waals surface area contributed by atoms with Crippen molar-refractivity contribution in [2.45, 2.75) is 19.4 Å². The van der Waals surface area contributed by atoms with Gasteiger partial charge in [-0.25, -0.2) is 9.59 Å². The van der Waals surface area contributed by atoms with Crippen LogP contribution in [0.1, 0.15) is 34.1 Å². The number of hydroxylamine groups is 1. The summed E-state index contributed by atoms with van der Waals surface area (Å²) >= 11 is 0. The molecule has 0 saturated carbocycles. The van der Waals surface area contributed by atoms with Crippen molar-refractivity contribution in [1.82, 2.24) is 5.48 Å². The average Bonchev–Trinajstić information content (AvgIpc) is 2.42. The van der Waals surface area contributed by atoms with E-state index < -0.39 is 23.9 Å². The lowest BCUT2D eigenvalue weighted by atomic mass is 10.1. The van der Waals surface area contributed by atoms with Crippen LogP contribution in [0.3, 0.4) is 0 Å². The van der Waals surface area contributed by atoms with E-state index in [9.17, 15) is 14.4 Å². The van der Waals surface area contributed by atoms with Gasteiger partial charge in [0, 0.05) is 0 Å². The number of aliphatic carboxylic acids is 1. The van der Waals surface area contributed by atoms with Crippen molar-refractivity contribution in [2.75, 3.05) is 0 Å². The molecular formula is C12H13NO7. The molecule has 8 heteroatoms. The number of nitrogens with one attached hydrogen (secondary N) is 1. The summed E-state index contributed by atoms with van der Waals surface area (Å²) in [6.45, 7) is 1.56. The van der Waals surface area contributed by atoms with Crippen molar-refractivity contribution in [3.05, 3.63) is 35.4 Å². The second kappa shape index (κ2) is 7.22. The Morgan fingerprint density at radius 2 is 1.80 bits per heavy atom. The highest BCUT2D eigenvalue weighted by molar-refractivity contribution is 6.04. The lowest BCUT2D eigenvalue weighted by molar-refractivity contribution is -0.346. The third-order valence-electron chi connectivity index (χ3n) is 2.35. The van der Waals surface area contributed by atoms with Crippen molar-refractivity contribution < 1.29 is 34.5 Å². The fraction of sp³-hybridized carbons (Fsp3) is 0.250. The maximum Gasteiger partial charge on any atom is 0.336 e. The molecule has 1 amide bonds. The standard InChI is InChI=1S/C12H13NO7/c1-2-9(12(17)18)19-20-13-10(14)7-5-3-4-6-8(7)11(15)16/h3-6,9H,2H2,1H3,(H,13,14)(H,15,16)(H,17,18). The first kappa shape index (κ1) is 15.6. The molecule has 0 aliphatic heterocycles. The third-order valence-corrected chi connectivity index (χ3v) is 2.35. The molecule has 1 atom stereocenters. The number of benzene rings is 1. The fourth-order valence-electron chi connectivity index (χ4n) is 1.33. The highest BCUT2D eigenvalue weighted by Crippen LogP contribution is 2.08. The van der Waals surface area contributed by atoms with Crippen molar-refractivity contribution in [3.63, 3.8) is 0 Å². The Labute approximate surface area is 113 Å². The molecule has 1 unspecified atom stereocenters. The largest absolute Gasteiger partial charge is 0.479 e. The van der Waals surface area contributed by atoms with Gasteiger partial charge in [-0.15, -0.1) is 4.99 Å². The Morgan fingerprint density at radius 3 is 2.30 bits per heavy atom. The summed E-state index contributed by atoms with van der Waals surface area (Å²) < 4.78 is 0. The minimum absolute atomic E-state index is 0.132. The second-order valence-corrected chi connectivity index (χ2v) is 3.70. The topological polar surface area (TPSA) is 122 Å². The SMILES string of the molecule is CCC(OONC(=O)c1ccccc1C(=O)O)C(=O)O. The first-order valence-corrected chi connectivity index (χ1v) is 5.65. The van der Waals surface area contributed by atoms with Gasteiger partial charge in [-0.1, -0.05) is 19.1 Å². The predicted molar refractivity (Wildman–Crippen MR) is 64.8 cm³/mol. The van der Waals surface area contributed by atoms with Crippen molar-refractivity contribution in [2.24, 2.45) is 0 Å². The number of rotatable bonds is 7. The van der Waals surface area contributed by atoms with Crippen LogP contribution in [0.5, 0.6) is 0 Å². The van der Waals surface area contributed by atoms with Crippen LogP contribution in [-0.4, -0.2) is 34.2 Å². The van der Waals surface area contributed by atoms with Crippen LogP contribution in [0, 0.1) is 0 Å². The number of carboxylic acid groups (broad SMARTS) is 2. The molecule has 0 aliphatic rings. The number of carboxylic acids is 2. The lowest BCUT2D eigenvalue weighted by Crippen LogP contribution is -2.31. The number of hydrogen-bond acceptors (Lipinski definition) is 5. The van der Waals surface area contributed by atoms with E-state index in [0.29, 0.717) is 0 Å². The van der Waals surface area contributed by atoms with Crippen LogP contribution in [0.25, 0.3) is 0 Å². The summed E-state index contributed by atoms with van der Waals surface area (Å²) in [6, 6.07) is 5.49. The minimum atomic E-state index is -1.27. The average molecular weight is 283 g/mol. The lowest BCUT2D eigenvalue weighted by Gasteiger charge is -2.10. The molecule has 3 N–H and O–H groups in total. The summed E-state index contributed by atoms with van der Waals surface area (Å²) in [7, 11) is 0. The molecule has 1 aromatic carbocycles. The molecule has 0 bridgehead atoms. The van der Waals surface area contributed by atoms with E-state index in [1.807, 2.05) is 5.48 Å². The molecule has 1 aromatic rings. The minimum Gasteiger partial charge on any atom is -0.479 e. The van der Waals surface area contributed by atoms with E-state index in [2.05, 4.69) is 9.88 Å². The molecular weight excluding hydrogens is 270 g/mol. The van der Waals surface area contributed by atoms with Gasteiger partial charge in [0.25, 0.3) is 5.91 Å². The van der Waals surface area contributed by atoms with Gasteiger partial charge in [0.05, 0.1) is 11.1 Å². The van der Waals surface area contributed by atoms with E-state index in [4.69, 9.17) is 10.2 Å². The summed E-state index contributed by atoms with van der Waals surface area (Å²) in [5, 5.41) is 17.6. The number of aromatic carboxylic acids is 1. The van der Waals surface area contributed by atoms with Gasteiger partial charge in [-0.2, -0.15) is 10.4 Å². The molecule has 0 fully saturated rings. The van der Waals surface area contributed by atoms with Crippen molar-refractivity contribution >= 4 is 17.8 Å². The van der Waals surface area contributed by atoms with Gasteiger partial charge in [0.15, 0.2) is 6.10 Å². The second-order valence-electron chi connectivity index (χ2n) is 3.70. The van der Waals surface area contributed by atoms with E-state index in [0.717, 1.165) is 0 Å². The molecule has 1 rings (SSSR count). The molecule has 0 saturated heterocycles. The van der Waals surface area contributed by atoms with Crippen LogP contribution in [0.15, 0.2) is 24.3 Å². The van der Waals surface area contributed by atoms with E-state index in [1.165, 1.54) is 24.3 Å². The quantitative estimate of drug-likeness (QED) is 0.500. The van der Waals surface area contributed by atoms with Crippen LogP contribution >= 0.6 is 0 Å². The van der Waals surface area contributed by atoms with E-state index in [1.54, 1.807) is 6.92 Å². The van der Waals surface area contributed by atoms with Gasteiger partial charge in [0.1, 0.15) is 0 Å². The Balaban J connectivity index is 2.64. The molecule has 0 spiro atoms. The van der Waals surface area contributed by atoms with Crippen LogP contribution in [-0.2, 0) is 14.7 Å². The number of carbonyl (C=O) groups excluding carboxylic acids is 1. The van der Waals surface area contributed by atoms with Crippen LogP contribution < -0.4 is 5.48 Å². The zero-order valence-electron chi connectivity index (χ0n) is 10.5. The molecule has 0 aliphatic carbocycles. The Bertz CT molecular complexity index is 514. The van der Waals surface area contributed by atoms with E-state index in [-0.39, 0.29) is 17.5 Å². The molecule has 0 radical (unpaired) electrons. The number of hydrogen-bond donors (Lipinski definition) is 3. The van der Waals surface area contributed by atoms with Gasteiger partial charge < -0.3 is 10.2 Å². The highest BCUT2D eigenvalue weighted by Gasteiger charge is 2.19. The third kappa shape index (κ3) is 4.04. The molecule has 0 aromatic heterocycles. The smallest absolute Gasteiger partial charge is 0.336 e. The van der Waals surface area contributed by atoms with Crippen molar-refractivity contribution in [1.29, 1.82) is 0 Å². The highest BCUT2D eigenvalue weighted by atomic mass is 17.3. The Kier molecular flexibility index (Phi) is 5.63. The molecule has 108 valence electrons. The van der Waals surface area contributed by atoms with Gasteiger partial charge in [0.2, 0.25) is 0 Å². The fourth-order valence-corrected chi connectivity index (χ4v) is 1.33. The molecule has 20 heavy (non-hydrogen) atoms. The first-order valence-electron chi connectivity index (χ1n) is 5.65. The summed E-state index contributed by atoms with van der Waals surface area (Å²) in [5.41, 5.74) is 1.48. The molecule has 0 heterocycles. The van der Waals surface area contributed by atoms with Gasteiger partial charge in [-0.05, 0) is 18.6 Å². The first-order chi connectivity index (χ1) is 9.47. The number of carbonyl (C=O) groups is 3. The summed E-state index contributed by atoms with van der Waals surface area (Å²) in [5.74, 6) is -3.37. The maximum atomic E-state index is 11.7.